The van der Waals surface area contributed by atoms with E-state index in [2.05, 4.69) is 35.0 Å². The van der Waals surface area contributed by atoms with E-state index in [0.717, 1.165) is 57.3 Å². The standard InChI is InChI=1S/C15H23N3O2/c1-11-15(12(2)17-16-11)14-10-20-7-5-18(14)8-13-4-3-6-19-9-13/h4,14H,3,5-10H2,1-2H3,(H,16,17). The molecular weight excluding hydrogens is 254 g/mol. The van der Waals surface area contributed by atoms with Gasteiger partial charge in [-0.1, -0.05) is 6.08 Å². The highest BCUT2D eigenvalue weighted by Gasteiger charge is 2.29. The third kappa shape index (κ3) is 2.80. The minimum atomic E-state index is 0.297. The summed E-state index contributed by atoms with van der Waals surface area (Å²) < 4.78 is 11.3. The second-order valence-corrected chi connectivity index (χ2v) is 5.61. The summed E-state index contributed by atoms with van der Waals surface area (Å²) in [6, 6.07) is 0.297. The Labute approximate surface area is 119 Å². The molecule has 20 heavy (non-hydrogen) atoms. The maximum Gasteiger partial charge on any atom is 0.0689 e. The van der Waals surface area contributed by atoms with Crippen LogP contribution in [-0.2, 0) is 9.47 Å². The van der Waals surface area contributed by atoms with Crippen LogP contribution < -0.4 is 0 Å². The van der Waals surface area contributed by atoms with Gasteiger partial charge in [0, 0.05) is 24.3 Å². The lowest BCUT2D eigenvalue weighted by atomic mass is 10.0. The summed E-state index contributed by atoms with van der Waals surface area (Å²) in [7, 11) is 0. The maximum absolute atomic E-state index is 5.70. The highest BCUT2D eigenvalue weighted by Crippen LogP contribution is 2.29. The first kappa shape index (κ1) is 13.8. The van der Waals surface area contributed by atoms with Gasteiger partial charge in [-0.2, -0.15) is 5.10 Å². The summed E-state index contributed by atoms with van der Waals surface area (Å²) in [6.07, 6.45) is 3.36. The highest BCUT2D eigenvalue weighted by molar-refractivity contribution is 5.28. The van der Waals surface area contributed by atoms with Gasteiger partial charge in [-0.3, -0.25) is 10.00 Å². The maximum atomic E-state index is 5.70. The lowest BCUT2D eigenvalue weighted by molar-refractivity contribution is -0.00648. The molecule has 5 heteroatoms. The van der Waals surface area contributed by atoms with Crippen LogP contribution in [0.5, 0.6) is 0 Å². The van der Waals surface area contributed by atoms with Crippen LogP contribution in [0.4, 0.5) is 0 Å². The first-order valence-corrected chi connectivity index (χ1v) is 7.34. The van der Waals surface area contributed by atoms with E-state index in [4.69, 9.17) is 9.47 Å². The predicted molar refractivity (Wildman–Crippen MR) is 76.7 cm³/mol. The van der Waals surface area contributed by atoms with Gasteiger partial charge in [0.25, 0.3) is 0 Å². The van der Waals surface area contributed by atoms with Crippen LogP contribution in [-0.4, -0.2) is 54.6 Å². The van der Waals surface area contributed by atoms with Gasteiger partial charge in [-0.05, 0) is 25.8 Å². The van der Waals surface area contributed by atoms with Crippen LogP contribution in [0.1, 0.15) is 29.4 Å². The van der Waals surface area contributed by atoms with Crippen molar-refractivity contribution in [3.05, 3.63) is 28.6 Å². The van der Waals surface area contributed by atoms with E-state index in [-0.39, 0.29) is 0 Å². The van der Waals surface area contributed by atoms with Crippen molar-refractivity contribution in [3.63, 3.8) is 0 Å². The summed E-state index contributed by atoms with van der Waals surface area (Å²) in [4.78, 5) is 2.49. The van der Waals surface area contributed by atoms with Gasteiger partial charge < -0.3 is 9.47 Å². The van der Waals surface area contributed by atoms with Gasteiger partial charge in [-0.15, -0.1) is 0 Å². The number of rotatable bonds is 3. The van der Waals surface area contributed by atoms with E-state index in [1.54, 1.807) is 0 Å². The molecule has 0 saturated carbocycles. The second-order valence-electron chi connectivity index (χ2n) is 5.61. The van der Waals surface area contributed by atoms with Gasteiger partial charge >= 0.3 is 0 Å². The Morgan fingerprint density at radius 2 is 2.25 bits per heavy atom. The summed E-state index contributed by atoms with van der Waals surface area (Å²) in [6.45, 7) is 9.27. The molecule has 0 aliphatic carbocycles. The van der Waals surface area contributed by atoms with Crippen molar-refractivity contribution in [1.82, 2.24) is 15.1 Å². The van der Waals surface area contributed by atoms with Crippen molar-refractivity contribution in [2.75, 3.05) is 39.5 Å². The Bertz CT molecular complexity index is 476. The number of nitrogens with zero attached hydrogens (tertiary/aromatic N) is 2. The van der Waals surface area contributed by atoms with Crippen LogP contribution in [0.25, 0.3) is 0 Å². The summed E-state index contributed by atoms with van der Waals surface area (Å²) in [5.41, 5.74) is 4.91. The Hall–Kier alpha value is -1.17. The molecule has 2 aliphatic heterocycles. The lowest BCUT2D eigenvalue weighted by Gasteiger charge is -2.36. The third-order valence-electron chi connectivity index (χ3n) is 4.15. The largest absolute Gasteiger partial charge is 0.378 e. The van der Waals surface area contributed by atoms with E-state index in [0.29, 0.717) is 6.04 Å². The summed E-state index contributed by atoms with van der Waals surface area (Å²) in [5.74, 6) is 0. The van der Waals surface area contributed by atoms with Crippen LogP contribution >= 0.6 is 0 Å². The van der Waals surface area contributed by atoms with E-state index in [1.807, 2.05) is 0 Å². The number of hydrogen-bond acceptors (Lipinski definition) is 4. The van der Waals surface area contributed by atoms with E-state index < -0.39 is 0 Å². The minimum absolute atomic E-state index is 0.297. The molecule has 1 aromatic rings. The molecule has 1 atom stereocenters. The zero-order valence-corrected chi connectivity index (χ0v) is 12.3. The molecule has 110 valence electrons. The molecule has 1 aromatic heterocycles. The molecule has 2 aliphatic rings. The quantitative estimate of drug-likeness (QED) is 0.855. The Morgan fingerprint density at radius 1 is 1.35 bits per heavy atom. The molecule has 1 fully saturated rings. The van der Waals surface area contributed by atoms with Gasteiger partial charge in [-0.25, -0.2) is 0 Å². The number of H-pyrrole nitrogens is 1. The predicted octanol–water partition coefficient (Wildman–Crippen LogP) is 1.75. The minimum Gasteiger partial charge on any atom is -0.378 e. The van der Waals surface area contributed by atoms with E-state index >= 15 is 0 Å². The molecule has 0 radical (unpaired) electrons. The molecule has 1 saturated heterocycles. The molecule has 3 heterocycles. The summed E-state index contributed by atoms with van der Waals surface area (Å²) in [5, 5.41) is 7.41. The number of ether oxygens (including phenoxy) is 2. The smallest absolute Gasteiger partial charge is 0.0689 e. The number of aromatic amines is 1. The number of nitrogens with one attached hydrogen (secondary N) is 1. The highest BCUT2D eigenvalue weighted by atomic mass is 16.5. The van der Waals surface area contributed by atoms with Crippen molar-refractivity contribution in [2.24, 2.45) is 0 Å². The van der Waals surface area contributed by atoms with Gasteiger partial charge in [0.15, 0.2) is 0 Å². The monoisotopic (exact) mass is 277 g/mol. The van der Waals surface area contributed by atoms with Crippen molar-refractivity contribution in [1.29, 1.82) is 0 Å². The normalized spacial score (nSPS) is 24.7. The second kappa shape index (κ2) is 6.08. The SMILES string of the molecule is Cc1n[nH]c(C)c1C1COCCN1CC1=CCCOC1. The number of morpholine rings is 1. The van der Waals surface area contributed by atoms with E-state index in [1.165, 1.54) is 11.1 Å². The molecule has 0 bridgehead atoms. The van der Waals surface area contributed by atoms with Crippen molar-refractivity contribution < 1.29 is 9.47 Å². The zero-order chi connectivity index (χ0) is 13.9. The van der Waals surface area contributed by atoms with Gasteiger partial charge in [0.2, 0.25) is 0 Å². The first-order chi connectivity index (χ1) is 9.75. The molecule has 1 N–H and O–H groups in total. The molecular formula is C15H23N3O2. The number of aromatic nitrogens is 2. The fraction of sp³-hybridized carbons (Fsp3) is 0.667. The van der Waals surface area contributed by atoms with Crippen LogP contribution in [0.15, 0.2) is 11.6 Å². The van der Waals surface area contributed by atoms with Crippen molar-refractivity contribution in [3.8, 4) is 0 Å². The van der Waals surface area contributed by atoms with E-state index in [9.17, 15) is 0 Å². The van der Waals surface area contributed by atoms with Crippen LogP contribution in [0, 0.1) is 13.8 Å². The molecule has 0 aromatic carbocycles. The molecule has 0 amide bonds. The first-order valence-electron chi connectivity index (χ1n) is 7.34. The average molecular weight is 277 g/mol. The Balaban J connectivity index is 1.78. The average Bonchev–Trinajstić information content (AvgIpc) is 2.80. The van der Waals surface area contributed by atoms with Gasteiger partial charge in [0.1, 0.15) is 0 Å². The molecule has 5 nitrogen and oxygen atoms in total. The molecule has 3 rings (SSSR count). The Kier molecular flexibility index (Phi) is 4.19. The fourth-order valence-corrected chi connectivity index (χ4v) is 3.12. The third-order valence-corrected chi connectivity index (χ3v) is 4.15. The molecule has 1 unspecified atom stereocenters. The Morgan fingerprint density at radius 3 is 2.95 bits per heavy atom. The topological polar surface area (TPSA) is 50.4 Å². The number of hydrogen-bond donors (Lipinski definition) is 1. The fourth-order valence-electron chi connectivity index (χ4n) is 3.12. The van der Waals surface area contributed by atoms with Gasteiger partial charge in [0.05, 0.1) is 38.2 Å². The lowest BCUT2D eigenvalue weighted by Crippen LogP contribution is -2.41. The molecule has 0 spiro atoms. The van der Waals surface area contributed by atoms with Crippen molar-refractivity contribution in [2.45, 2.75) is 26.3 Å². The zero-order valence-electron chi connectivity index (χ0n) is 12.3. The number of aryl methyl sites for hydroxylation is 2. The summed E-state index contributed by atoms with van der Waals surface area (Å²) >= 11 is 0. The van der Waals surface area contributed by atoms with Crippen LogP contribution in [0.3, 0.4) is 0 Å². The van der Waals surface area contributed by atoms with Crippen molar-refractivity contribution >= 4 is 0 Å². The van der Waals surface area contributed by atoms with Crippen LogP contribution in [0.2, 0.25) is 0 Å².